The van der Waals surface area contributed by atoms with Gasteiger partial charge in [0.1, 0.15) is 5.15 Å². The summed E-state index contributed by atoms with van der Waals surface area (Å²) in [5, 5.41) is 4.68. The summed E-state index contributed by atoms with van der Waals surface area (Å²) in [6, 6.07) is 3.57. The lowest BCUT2D eigenvalue weighted by atomic mass is 10.1. The molecule has 20 heavy (non-hydrogen) atoms. The zero-order chi connectivity index (χ0) is 14.8. The molecule has 2 rings (SSSR count). The van der Waals surface area contributed by atoms with E-state index >= 15 is 0 Å². The first-order chi connectivity index (χ1) is 9.45. The Morgan fingerprint density at radius 2 is 2.10 bits per heavy atom. The van der Waals surface area contributed by atoms with Crippen LogP contribution >= 0.6 is 11.6 Å². The van der Waals surface area contributed by atoms with Gasteiger partial charge in [-0.3, -0.25) is 4.68 Å². The quantitative estimate of drug-likeness (QED) is 0.642. The number of nitrogens with zero attached hydrogens (tertiary/aromatic N) is 3. The number of pyridine rings is 1. The molecule has 0 N–H and O–H groups in total. The minimum Gasteiger partial charge on any atom is -0.464 e. The number of hydrogen-bond donors (Lipinski definition) is 0. The maximum atomic E-state index is 11.9. The van der Waals surface area contributed by atoms with Gasteiger partial charge in [0, 0.05) is 23.5 Å². The van der Waals surface area contributed by atoms with E-state index in [1.165, 1.54) is 0 Å². The highest BCUT2D eigenvalue weighted by molar-refractivity contribution is 6.29. The summed E-state index contributed by atoms with van der Waals surface area (Å²) >= 11 is 5.76. The molecule has 0 aromatic carbocycles. The first kappa shape index (κ1) is 14.5. The van der Waals surface area contributed by atoms with Gasteiger partial charge >= 0.3 is 5.97 Å². The van der Waals surface area contributed by atoms with Crippen molar-refractivity contribution < 1.29 is 9.53 Å². The second kappa shape index (κ2) is 5.63. The molecule has 0 fully saturated rings. The van der Waals surface area contributed by atoms with E-state index in [-0.39, 0.29) is 5.97 Å². The fourth-order valence-corrected chi connectivity index (χ4v) is 1.84. The Balaban J connectivity index is 2.28. The van der Waals surface area contributed by atoms with Gasteiger partial charge in [0.25, 0.3) is 0 Å². The Labute approximate surface area is 122 Å². The predicted molar refractivity (Wildman–Crippen MR) is 76.4 cm³/mol. The molecule has 0 aliphatic heterocycles. The van der Waals surface area contributed by atoms with Gasteiger partial charge < -0.3 is 4.74 Å². The van der Waals surface area contributed by atoms with Gasteiger partial charge in [0.2, 0.25) is 0 Å². The molecule has 2 aromatic heterocycles. The minimum atomic E-state index is -0.853. The van der Waals surface area contributed by atoms with Crippen LogP contribution in [-0.4, -0.2) is 27.3 Å². The Hall–Kier alpha value is -1.88. The molecule has 0 aliphatic carbocycles. The van der Waals surface area contributed by atoms with Crippen LogP contribution in [0.1, 0.15) is 20.8 Å². The standard InChI is InChI=1S/C14H16ClN3O2/c1-4-20-13(19)14(2,3)18-9-11(8-17-18)10-5-6-12(15)16-7-10/h5-9H,4H2,1-3H3. The molecule has 0 radical (unpaired) electrons. The maximum Gasteiger partial charge on any atom is 0.333 e. The van der Waals surface area contributed by atoms with Crippen molar-refractivity contribution in [3.63, 3.8) is 0 Å². The van der Waals surface area contributed by atoms with E-state index in [1.54, 1.807) is 50.1 Å². The van der Waals surface area contributed by atoms with Crippen LogP contribution in [0.4, 0.5) is 0 Å². The number of ether oxygens (including phenoxy) is 1. The monoisotopic (exact) mass is 293 g/mol. The zero-order valence-electron chi connectivity index (χ0n) is 11.6. The molecule has 5 nitrogen and oxygen atoms in total. The zero-order valence-corrected chi connectivity index (χ0v) is 12.4. The van der Waals surface area contributed by atoms with Crippen molar-refractivity contribution in [2.24, 2.45) is 0 Å². The molecule has 6 heteroatoms. The summed E-state index contributed by atoms with van der Waals surface area (Å²) in [6.07, 6.45) is 5.15. The number of esters is 1. The van der Waals surface area contributed by atoms with Crippen molar-refractivity contribution in [3.05, 3.63) is 35.9 Å². The van der Waals surface area contributed by atoms with E-state index in [2.05, 4.69) is 10.1 Å². The summed E-state index contributed by atoms with van der Waals surface area (Å²) in [7, 11) is 0. The van der Waals surface area contributed by atoms with Crippen LogP contribution in [-0.2, 0) is 15.1 Å². The van der Waals surface area contributed by atoms with E-state index in [4.69, 9.17) is 16.3 Å². The third-order valence-corrected chi connectivity index (χ3v) is 3.21. The summed E-state index contributed by atoms with van der Waals surface area (Å²) in [5.41, 5.74) is 0.903. The topological polar surface area (TPSA) is 57.0 Å². The van der Waals surface area contributed by atoms with Gasteiger partial charge in [-0.15, -0.1) is 0 Å². The summed E-state index contributed by atoms with van der Waals surface area (Å²) in [6.45, 7) is 5.66. The number of carbonyl (C=O) groups is 1. The van der Waals surface area contributed by atoms with Crippen LogP contribution in [0.2, 0.25) is 5.15 Å². The molecule has 0 saturated carbocycles. The van der Waals surface area contributed by atoms with Crippen LogP contribution in [0.25, 0.3) is 11.1 Å². The lowest BCUT2D eigenvalue weighted by Crippen LogP contribution is -2.37. The Kier molecular flexibility index (Phi) is 4.09. The van der Waals surface area contributed by atoms with Gasteiger partial charge in [0.15, 0.2) is 5.54 Å². The van der Waals surface area contributed by atoms with Crippen molar-refractivity contribution in [2.45, 2.75) is 26.3 Å². The fraction of sp³-hybridized carbons (Fsp3) is 0.357. The minimum absolute atomic E-state index is 0.316. The molecule has 0 atom stereocenters. The first-order valence-corrected chi connectivity index (χ1v) is 6.67. The molecule has 0 bridgehead atoms. The number of hydrogen-bond acceptors (Lipinski definition) is 4. The average molecular weight is 294 g/mol. The second-order valence-corrected chi connectivity index (χ2v) is 5.21. The molecule has 0 spiro atoms. The fourth-order valence-electron chi connectivity index (χ4n) is 1.73. The second-order valence-electron chi connectivity index (χ2n) is 4.82. The van der Waals surface area contributed by atoms with E-state index in [0.717, 1.165) is 11.1 Å². The lowest BCUT2D eigenvalue weighted by molar-refractivity contribution is -0.152. The van der Waals surface area contributed by atoms with E-state index < -0.39 is 5.54 Å². The number of aromatic nitrogens is 3. The molecule has 0 aliphatic rings. The van der Waals surface area contributed by atoms with Crippen molar-refractivity contribution in [3.8, 4) is 11.1 Å². The van der Waals surface area contributed by atoms with Crippen LogP contribution in [0.5, 0.6) is 0 Å². The Morgan fingerprint density at radius 1 is 1.35 bits per heavy atom. The van der Waals surface area contributed by atoms with E-state index in [9.17, 15) is 4.79 Å². The highest BCUT2D eigenvalue weighted by atomic mass is 35.5. The van der Waals surface area contributed by atoms with Crippen molar-refractivity contribution in [2.75, 3.05) is 6.61 Å². The first-order valence-electron chi connectivity index (χ1n) is 6.29. The van der Waals surface area contributed by atoms with E-state index in [0.29, 0.717) is 11.8 Å². The Morgan fingerprint density at radius 3 is 2.70 bits per heavy atom. The van der Waals surface area contributed by atoms with Crippen LogP contribution in [0, 0.1) is 0 Å². The van der Waals surface area contributed by atoms with Crippen LogP contribution in [0.15, 0.2) is 30.7 Å². The van der Waals surface area contributed by atoms with Gasteiger partial charge in [-0.1, -0.05) is 11.6 Å². The Bertz CT molecular complexity index is 605. The smallest absolute Gasteiger partial charge is 0.333 e. The third kappa shape index (κ3) is 2.82. The normalized spacial score (nSPS) is 11.4. The van der Waals surface area contributed by atoms with Crippen molar-refractivity contribution in [1.82, 2.24) is 14.8 Å². The summed E-state index contributed by atoms with van der Waals surface area (Å²) in [5.74, 6) is -0.316. The molecular formula is C14H16ClN3O2. The highest BCUT2D eigenvalue weighted by Crippen LogP contribution is 2.23. The number of halogens is 1. The molecule has 0 unspecified atom stereocenters. The molecular weight excluding hydrogens is 278 g/mol. The molecule has 106 valence electrons. The summed E-state index contributed by atoms with van der Waals surface area (Å²) in [4.78, 5) is 16.0. The molecule has 2 aromatic rings. The van der Waals surface area contributed by atoms with Gasteiger partial charge in [0.05, 0.1) is 12.8 Å². The summed E-state index contributed by atoms with van der Waals surface area (Å²) < 4.78 is 6.65. The van der Waals surface area contributed by atoms with Crippen LogP contribution < -0.4 is 0 Å². The van der Waals surface area contributed by atoms with Crippen LogP contribution in [0.3, 0.4) is 0 Å². The molecule has 0 amide bonds. The SMILES string of the molecule is CCOC(=O)C(C)(C)n1cc(-c2ccc(Cl)nc2)cn1. The largest absolute Gasteiger partial charge is 0.464 e. The number of rotatable bonds is 4. The average Bonchev–Trinajstić information content (AvgIpc) is 2.90. The number of carbonyl (C=O) groups excluding carboxylic acids is 1. The van der Waals surface area contributed by atoms with Gasteiger partial charge in [-0.25, -0.2) is 9.78 Å². The maximum absolute atomic E-state index is 11.9. The van der Waals surface area contributed by atoms with E-state index in [1.807, 2.05) is 6.07 Å². The lowest BCUT2D eigenvalue weighted by Gasteiger charge is -2.22. The van der Waals surface area contributed by atoms with Gasteiger partial charge in [-0.2, -0.15) is 5.10 Å². The molecule has 0 saturated heterocycles. The third-order valence-electron chi connectivity index (χ3n) is 2.99. The molecule has 2 heterocycles. The predicted octanol–water partition coefficient (Wildman–Crippen LogP) is 2.90. The van der Waals surface area contributed by atoms with Crippen molar-refractivity contribution in [1.29, 1.82) is 0 Å². The van der Waals surface area contributed by atoms with Gasteiger partial charge in [-0.05, 0) is 32.9 Å². The van der Waals surface area contributed by atoms with Crippen molar-refractivity contribution >= 4 is 17.6 Å². The highest BCUT2D eigenvalue weighted by Gasteiger charge is 2.32.